The molecule has 2 rings (SSSR count). The lowest BCUT2D eigenvalue weighted by molar-refractivity contribution is -0.142. The standard InChI is InChI=1S/C26H34N4O7S/c1-38-12-11-20(26(36)37)28-24(34)22(13-16-5-3-2-4-6-16)30-25(35)21(29-23(33)19(27)15-31)14-17-7-9-18(32)10-8-17/h2-10,19-22,31-32H,11-15,27H2,1H3,(H,28,34)(H,29,33)(H,30,35)(H,36,37). The van der Waals surface area contributed by atoms with E-state index < -0.39 is 54.5 Å². The van der Waals surface area contributed by atoms with Gasteiger partial charge in [0.05, 0.1) is 6.61 Å². The number of aliphatic hydroxyl groups is 1. The van der Waals surface area contributed by atoms with Crippen molar-refractivity contribution in [2.75, 3.05) is 18.6 Å². The number of aliphatic hydroxyl groups excluding tert-OH is 1. The summed E-state index contributed by atoms with van der Waals surface area (Å²) in [5, 5.41) is 36.0. The number of aliphatic carboxylic acids is 1. The van der Waals surface area contributed by atoms with Gasteiger partial charge in [0.25, 0.3) is 0 Å². The molecule has 0 saturated carbocycles. The highest BCUT2D eigenvalue weighted by Crippen LogP contribution is 2.12. The average molecular weight is 547 g/mol. The first-order valence-electron chi connectivity index (χ1n) is 12.0. The zero-order valence-electron chi connectivity index (χ0n) is 21.0. The Balaban J connectivity index is 2.29. The van der Waals surface area contributed by atoms with Crippen molar-refractivity contribution < 1.29 is 34.5 Å². The van der Waals surface area contributed by atoms with E-state index in [9.17, 15) is 34.5 Å². The molecule has 206 valence electrons. The second-order valence-electron chi connectivity index (χ2n) is 8.65. The quantitative estimate of drug-likeness (QED) is 0.158. The van der Waals surface area contributed by atoms with E-state index in [0.29, 0.717) is 11.3 Å². The van der Waals surface area contributed by atoms with Crippen LogP contribution in [0, 0.1) is 0 Å². The molecule has 12 heteroatoms. The molecule has 0 aliphatic rings. The van der Waals surface area contributed by atoms with Crippen LogP contribution < -0.4 is 21.7 Å². The highest BCUT2D eigenvalue weighted by molar-refractivity contribution is 7.98. The van der Waals surface area contributed by atoms with E-state index in [1.807, 2.05) is 6.26 Å². The van der Waals surface area contributed by atoms with Gasteiger partial charge in [-0.1, -0.05) is 42.5 Å². The zero-order chi connectivity index (χ0) is 28.1. The maximum atomic E-state index is 13.4. The van der Waals surface area contributed by atoms with E-state index in [1.54, 1.807) is 42.5 Å². The number of phenols is 1. The summed E-state index contributed by atoms with van der Waals surface area (Å²) in [6, 6.07) is 10.2. The van der Waals surface area contributed by atoms with Crippen LogP contribution in [0.4, 0.5) is 0 Å². The van der Waals surface area contributed by atoms with Crippen LogP contribution in [0.15, 0.2) is 54.6 Å². The Bertz CT molecular complexity index is 1070. The number of nitrogens with one attached hydrogen (secondary N) is 3. The molecule has 8 N–H and O–H groups in total. The lowest BCUT2D eigenvalue weighted by Gasteiger charge is -2.25. The SMILES string of the molecule is CSCCC(NC(=O)C(Cc1ccccc1)NC(=O)C(Cc1ccc(O)cc1)NC(=O)C(N)CO)C(=O)O. The van der Waals surface area contributed by atoms with E-state index in [2.05, 4.69) is 16.0 Å². The molecule has 11 nitrogen and oxygen atoms in total. The molecule has 4 atom stereocenters. The molecule has 3 amide bonds. The molecule has 2 aromatic carbocycles. The van der Waals surface area contributed by atoms with Crippen molar-refractivity contribution in [2.45, 2.75) is 43.4 Å². The van der Waals surface area contributed by atoms with Gasteiger partial charge in [0.15, 0.2) is 0 Å². The molecule has 0 radical (unpaired) electrons. The molecular weight excluding hydrogens is 512 g/mol. The third-order valence-corrected chi connectivity index (χ3v) is 6.33. The molecule has 0 fully saturated rings. The monoisotopic (exact) mass is 546 g/mol. The minimum Gasteiger partial charge on any atom is -0.508 e. The second-order valence-corrected chi connectivity index (χ2v) is 9.64. The Kier molecular flexibility index (Phi) is 12.6. The molecule has 0 bridgehead atoms. The number of rotatable bonds is 15. The van der Waals surface area contributed by atoms with Gasteiger partial charge in [-0.2, -0.15) is 11.8 Å². The van der Waals surface area contributed by atoms with Gasteiger partial charge in [0.2, 0.25) is 17.7 Å². The van der Waals surface area contributed by atoms with Crippen LogP contribution in [0.1, 0.15) is 17.5 Å². The molecule has 0 heterocycles. The predicted octanol–water partition coefficient (Wildman–Crippen LogP) is -0.211. The Morgan fingerprint density at radius 1 is 0.816 bits per heavy atom. The molecule has 2 aromatic rings. The van der Waals surface area contributed by atoms with Crippen molar-refractivity contribution >= 4 is 35.5 Å². The first-order chi connectivity index (χ1) is 18.1. The Hall–Kier alpha value is -3.61. The van der Waals surface area contributed by atoms with Crippen LogP contribution in [-0.2, 0) is 32.0 Å². The summed E-state index contributed by atoms with van der Waals surface area (Å²) >= 11 is 1.44. The lowest BCUT2D eigenvalue weighted by atomic mass is 10.0. The fraction of sp³-hybridized carbons (Fsp3) is 0.385. The van der Waals surface area contributed by atoms with Gasteiger partial charge in [0.1, 0.15) is 29.9 Å². The van der Waals surface area contributed by atoms with Crippen LogP contribution in [0.5, 0.6) is 5.75 Å². The number of carbonyl (C=O) groups excluding carboxylic acids is 3. The number of hydrogen-bond acceptors (Lipinski definition) is 8. The maximum Gasteiger partial charge on any atom is 0.326 e. The van der Waals surface area contributed by atoms with E-state index in [-0.39, 0.29) is 25.0 Å². The van der Waals surface area contributed by atoms with E-state index in [4.69, 9.17) is 5.73 Å². The second kappa shape index (κ2) is 15.6. The number of carboxylic acid groups (broad SMARTS) is 1. The summed E-state index contributed by atoms with van der Waals surface area (Å²) < 4.78 is 0. The first-order valence-corrected chi connectivity index (χ1v) is 13.3. The van der Waals surface area contributed by atoms with Crippen molar-refractivity contribution in [1.29, 1.82) is 0 Å². The Morgan fingerprint density at radius 2 is 1.32 bits per heavy atom. The van der Waals surface area contributed by atoms with Crippen LogP contribution in [0.2, 0.25) is 0 Å². The van der Waals surface area contributed by atoms with Gasteiger partial charge < -0.3 is 37.0 Å². The van der Waals surface area contributed by atoms with Crippen molar-refractivity contribution in [3.63, 3.8) is 0 Å². The highest BCUT2D eigenvalue weighted by atomic mass is 32.2. The first kappa shape index (κ1) is 30.6. The van der Waals surface area contributed by atoms with Gasteiger partial charge >= 0.3 is 5.97 Å². The number of hydrogen-bond donors (Lipinski definition) is 7. The highest BCUT2D eigenvalue weighted by Gasteiger charge is 2.30. The van der Waals surface area contributed by atoms with Gasteiger partial charge in [-0.05, 0) is 41.7 Å². The van der Waals surface area contributed by atoms with Crippen LogP contribution in [0.3, 0.4) is 0 Å². The number of nitrogens with two attached hydrogens (primary N) is 1. The molecule has 0 aliphatic carbocycles. The largest absolute Gasteiger partial charge is 0.508 e. The minimum atomic E-state index is -1.26. The number of benzene rings is 2. The lowest BCUT2D eigenvalue weighted by Crippen LogP contribution is -2.58. The van der Waals surface area contributed by atoms with Crippen LogP contribution in [0.25, 0.3) is 0 Å². The van der Waals surface area contributed by atoms with Crippen LogP contribution >= 0.6 is 11.8 Å². The van der Waals surface area contributed by atoms with E-state index in [1.165, 1.54) is 23.9 Å². The van der Waals surface area contributed by atoms with Crippen molar-refractivity contribution in [1.82, 2.24) is 16.0 Å². The number of phenolic OH excluding ortho intramolecular Hbond substituents is 1. The van der Waals surface area contributed by atoms with Crippen LogP contribution in [-0.4, -0.2) is 81.8 Å². The van der Waals surface area contributed by atoms with E-state index >= 15 is 0 Å². The molecule has 38 heavy (non-hydrogen) atoms. The number of carboxylic acids is 1. The number of amides is 3. The van der Waals surface area contributed by atoms with E-state index in [0.717, 1.165) is 5.56 Å². The molecule has 0 aromatic heterocycles. The van der Waals surface area contributed by atoms with Gasteiger partial charge in [-0.25, -0.2) is 4.79 Å². The van der Waals surface area contributed by atoms with Crippen molar-refractivity contribution in [2.24, 2.45) is 5.73 Å². The van der Waals surface area contributed by atoms with Crippen molar-refractivity contribution in [3.8, 4) is 5.75 Å². The van der Waals surface area contributed by atoms with Crippen molar-refractivity contribution in [3.05, 3.63) is 65.7 Å². The molecule has 0 spiro atoms. The third kappa shape index (κ3) is 10.0. The summed E-state index contributed by atoms with van der Waals surface area (Å²) in [4.78, 5) is 50.7. The number of carbonyl (C=O) groups is 4. The maximum absolute atomic E-state index is 13.4. The smallest absolute Gasteiger partial charge is 0.326 e. The van der Waals surface area contributed by atoms with Gasteiger partial charge in [0, 0.05) is 12.8 Å². The number of aromatic hydroxyl groups is 1. The minimum absolute atomic E-state index is 0.00114. The zero-order valence-corrected chi connectivity index (χ0v) is 21.8. The summed E-state index contributed by atoms with van der Waals surface area (Å²) in [5.41, 5.74) is 6.94. The molecular formula is C26H34N4O7S. The fourth-order valence-corrected chi connectivity index (χ4v) is 4.01. The molecule has 4 unspecified atom stereocenters. The Morgan fingerprint density at radius 3 is 1.82 bits per heavy atom. The Labute approximate surface area is 225 Å². The number of thioether (sulfide) groups is 1. The summed E-state index contributed by atoms with van der Waals surface area (Å²) in [6.07, 6.45) is 2.10. The average Bonchev–Trinajstić information content (AvgIpc) is 2.91. The summed E-state index contributed by atoms with van der Waals surface area (Å²) in [6.45, 7) is -0.634. The van der Waals surface area contributed by atoms with Gasteiger partial charge in [-0.3, -0.25) is 14.4 Å². The summed E-state index contributed by atoms with van der Waals surface area (Å²) in [5.74, 6) is -2.80. The third-order valence-electron chi connectivity index (χ3n) is 5.68. The predicted molar refractivity (Wildman–Crippen MR) is 143 cm³/mol. The molecule has 0 saturated heterocycles. The topological polar surface area (TPSA) is 191 Å². The molecule has 0 aliphatic heterocycles. The fourth-order valence-electron chi connectivity index (χ4n) is 3.54. The van der Waals surface area contributed by atoms with Gasteiger partial charge in [-0.15, -0.1) is 0 Å². The normalized spacial score (nSPS) is 14.0. The summed E-state index contributed by atoms with van der Waals surface area (Å²) in [7, 11) is 0.